The molecular weight excluding hydrogens is 368 g/mol. The molecule has 3 N–H and O–H groups in total. The van der Waals surface area contributed by atoms with Gasteiger partial charge in [-0.15, -0.1) is 12.4 Å². The average Bonchev–Trinajstić information content (AvgIpc) is 2.53. The highest BCUT2D eigenvalue weighted by Crippen LogP contribution is 2.17. The number of sulfonamides is 1. The van der Waals surface area contributed by atoms with Gasteiger partial charge in [0.25, 0.3) is 0 Å². The number of halogens is 1. The number of rotatable bonds is 7. The van der Waals surface area contributed by atoms with Crippen molar-refractivity contribution >= 4 is 39.9 Å². The summed E-state index contributed by atoms with van der Waals surface area (Å²) < 4.78 is 26.0. The molecule has 0 aromatic heterocycles. The highest BCUT2D eigenvalue weighted by molar-refractivity contribution is 7.89. The van der Waals surface area contributed by atoms with Gasteiger partial charge in [0, 0.05) is 39.3 Å². The fourth-order valence-electron chi connectivity index (χ4n) is 1.88. The molecule has 0 aliphatic rings. The third-order valence-electron chi connectivity index (χ3n) is 3.64. The monoisotopic (exact) mass is 392 g/mol. The Labute approximate surface area is 154 Å². The fraction of sp³-hybridized carbons (Fsp3) is 0.467. The summed E-state index contributed by atoms with van der Waals surface area (Å²) in [5, 5.41) is 2.56. The van der Waals surface area contributed by atoms with Crippen LogP contribution in [0.5, 0.6) is 0 Å². The van der Waals surface area contributed by atoms with E-state index in [0.29, 0.717) is 12.2 Å². The van der Waals surface area contributed by atoms with E-state index < -0.39 is 10.0 Å². The maximum atomic E-state index is 12.5. The lowest BCUT2D eigenvalue weighted by atomic mass is 10.3. The van der Waals surface area contributed by atoms with Crippen molar-refractivity contribution in [1.29, 1.82) is 0 Å². The van der Waals surface area contributed by atoms with E-state index in [9.17, 15) is 18.0 Å². The molecule has 1 aromatic carbocycles. The van der Waals surface area contributed by atoms with Crippen LogP contribution in [0, 0.1) is 0 Å². The van der Waals surface area contributed by atoms with Gasteiger partial charge in [-0.05, 0) is 31.2 Å². The minimum Gasteiger partial charge on any atom is -0.341 e. The molecule has 8 nitrogen and oxygen atoms in total. The first-order valence-electron chi connectivity index (χ1n) is 7.39. The molecule has 0 radical (unpaired) electrons. The van der Waals surface area contributed by atoms with Crippen molar-refractivity contribution in [2.45, 2.75) is 24.8 Å². The van der Waals surface area contributed by atoms with Crippen molar-refractivity contribution in [2.24, 2.45) is 5.73 Å². The van der Waals surface area contributed by atoms with Gasteiger partial charge in [-0.1, -0.05) is 0 Å². The number of hydrogen-bond donors (Lipinski definition) is 2. The van der Waals surface area contributed by atoms with Crippen LogP contribution >= 0.6 is 12.4 Å². The highest BCUT2D eigenvalue weighted by atomic mass is 35.5. The Bertz CT molecular complexity index is 694. The second-order valence-corrected chi connectivity index (χ2v) is 7.60. The average molecular weight is 393 g/mol. The number of benzene rings is 1. The Kier molecular flexibility index (Phi) is 9.06. The number of likely N-dealkylation sites (N-methyl/N-ethyl adjacent to an activating group) is 2. The zero-order valence-electron chi connectivity index (χ0n) is 14.7. The molecule has 0 saturated carbocycles. The van der Waals surface area contributed by atoms with Gasteiger partial charge in [-0.25, -0.2) is 8.42 Å². The predicted molar refractivity (Wildman–Crippen MR) is 99.1 cm³/mol. The maximum Gasteiger partial charge on any atom is 0.243 e. The molecular formula is C15H25ClN4O4S. The van der Waals surface area contributed by atoms with Gasteiger partial charge >= 0.3 is 0 Å². The summed E-state index contributed by atoms with van der Waals surface area (Å²) >= 11 is 0. The molecule has 1 aromatic rings. The molecule has 10 heteroatoms. The standard InChI is InChI=1S/C15H24N4O4S.ClH/c1-11(9-16)19(4)15(21)10-18(3)24(22,23)14-7-5-13(6-8-14)17-12(2)20;/h5-8,11H,9-10,16H2,1-4H3,(H,17,20);1H. The predicted octanol–water partition coefficient (Wildman–Crippen LogP) is 0.493. The molecule has 0 aliphatic carbocycles. The van der Waals surface area contributed by atoms with E-state index in [-0.39, 0.29) is 41.7 Å². The summed E-state index contributed by atoms with van der Waals surface area (Å²) in [5.41, 5.74) is 6.01. The largest absolute Gasteiger partial charge is 0.341 e. The van der Waals surface area contributed by atoms with Crippen LogP contribution in [0.15, 0.2) is 29.2 Å². The minimum atomic E-state index is -3.80. The van der Waals surface area contributed by atoms with Crippen LogP contribution in [0.4, 0.5) is 5.69 Å². The Morgan fingerprint density at radius 1 is 1.20 bits per heavy atom. The van der Waals surface area contributed by atoms with Gasteiger partial charge in [0.05, 0.1) is 11.4 Å². The lowest BCUT2D eigenvalue weighted by Crippen LogP contribution is -2.45. The smallest absolute Gasteiger partial charge is 0.243 e. The molecule has 0 aliphatic heterocycles. The van der Waals surface area contributed by atoms with Gasteiger partial charge in [-0.2, -0.15) is 4.31 Å². The quantitative estimate of drug-likeness (QED) is 0.701. The Hall–Kier alpha value is -1.68. The number of nitrogens with two attached hydrogens (primary N) is 1. The van der Waals surface area contributed by atoms with E-state index in [4.69, 9.17) is 5.73 Å². The van der Waals surface area contributed by atoms with Crippen LogP contribution in [-0.2, 0) is 19.6 Å². The molecule has 1 atom stereocenters. The summed E-state index contributed by atoms with van der Waals surface area (Å²) in [5.74, 6) is -0.584. The van der Waals surface area contributed by atoms with Gasteiger partial charge in [0.2, 0.25) is 21.8 Å². The molecule has 2 amide bonds. The van der Waals surface area contributed by atoms with Crippen LogP contribution in [-0.4, -0.2) is 62.7 Å². The summed E-state index contributed by atoms with van der Waals surface area (Å²) in [4.78, 5) is 24.6. The SMILES string of the molecule is CC(=O)Nc1ccc(S(=O)(=O)N(C)CC(=O)N(C)C(C)CN)cc1.Cl. The van der Waals surface area contributed by atoms with Gasteiger partial charge in [0.15, 0.2) is 0 Å². The second-order valence-electron chi connectivity index (χ2n) is 5.56. The first-order chi connectivity index (χ1) is 11.1. The Morgan fingerprint density at radius 2 is 1.72 bits per heavy atom. The van der Waals surface area contributed by atoms with E-state index in [1.165, 1.54) is 43.1 Å². The fourth-order valence-corrected chi connectivity index (χ4v) is 3.00. The van der Waals surface area contributed by atoms with E-state index in [0.717, 1.165) is 4.31 Å². The first kappa shape index (κ1) is 23.3. The maximum absolute atomic E-state index is 12.5. The van der Waals surface area contributed by atoms with Gasteiger partial charge in [0.1, 0.15) is 0 Å². The van der Waals surface area contributed by atoms with Gasteiger partial charge < -0.3 is 16.0 Å². The first-order valence-corrected chi connectivity index (χ1v) is 8.83. The van der Waals surface area contributed by atoms with Crippen molar-refractivity contribution in [3.05, 3.63) is 24.3 Å². The van der Waals surface area contributed by atoms with Crippen molar-refractivity contribution in [1.82, 2.24) is 9.21 Å². The summed E-state index contributed by atoms with van der Waals surface area (Å²) in [6.07, 6.45) is 0. The van der Waals surface area contributed by atoms with E-state index in [1.807, 2.05) is 0 Å². The highest BCUT2D eigenvalue weighted by Gasteiger charge is 2.25. The zero-order valence-corrected chi connectivity index (χ0v) is 16.4. The molecule has 1 rings (SSSR count). The lowest BCUT2D eigenvalue weighted by molar-refractivity contribution is -0.131. The minimum absolute atomic E-state index is 0. The molecule has 25 heavy (non-hydrogen) atoms. The molecule has 142 valence electrons. The molecule has 0 heterocycles. The van der Waals surface area contributed by atoms with Crippen LogP contribution < -0.4 is 11.1 Å². The Balaban J connectivity index is 0.00000576. The number of hydrogen-bond acceptors (Lipinski definition) is 5. The number of carbonyl (C=O) groups excluding carboxylic acids is 2. The molecule has 0 saturated heterocycles. The number of nitrogens with one attached hydrogen (secondary N) is 1. The Morgan fingerprint density at radius 3 is 2.16 bits per heavy atom. The summed E-state index contributed by atoms with van der Waals surface area (Å²) in [6, 6.07) is 5.58. The van der Waals surface area contributed by atoms with Gasteiger partial charge in [-0.3, -0.25) is 9.59 Å². The third-order valence-corrected chi connectivity index (χ3v) is 5.45. The van der Waals surface area contributed by atoms with E-state index in [2.05, 4.69) is 5.32 Å². The van der Waals surface area contributed by atoms with Crippen molar-refractivity contribution < 1.29 is 18.0 Å². The van der Waals surface area contributed by atoms with E-state index >= 15 is 0 Å². The number of amides is 2. The summed E-state index contributed by atoms with van der Waals surface area (Å²) in [6.45, 7) is 3.16. The second kappa shape index (κ2) is 9.71. The topological polar surface area (TPSA) is 113 Å². The van der Waals surface area contributed by atoms with E-state index in [1.54, 1.807) is 14.0 Å². The molecule has 0 fully saturated rings. The normalized spacial score (nSPS) is 12.2. The van der Waals surface area contributed by atoms with Crippen LogP contribution in [0.1, 0.15) is 13.8 Å². The van der Waals surface area contributed by atoms with Crippen LogP contribution in [0.3, 0.4) is 0 Å². The molecule has 0 spiro atoms. The zero-order chi connectivity index (χ0) is 18.5. The van der Waals surface area contributed by atoms with Crippen LogP contribution in [0.25, 0.3) is 0 Å². The van der Waals surface area contributed by atoms with Crippen LogP contribution in [0.2, 0.25) is 0 Å². The van der Waals surface area contributed by atoms with Crippen molar-refractivity contribution in [3.63, 3.8) is 0 Å². The van der Waals surface area contributed by atoms with Crippen molar-refractivity contribution in [2.75, 3.05) is 32.5 Å². The third kappa shape index (κ3) is 6.28. The number of nitrogens with zero attached hydrogens (tertiary/aromatic N) is 2. The lowest BCUT2D eigenvalue weighted by Gasteiger charge is -2.26. The summed E-state index contributed by atoms with van der Waals surface area (Å²) in [7, 11) is -0.874. The number of anilines is 1. The van der Waals surface area contributed by atoms with Crippen molar-refractivity contribution in [3.8, 4) is 0 Å². The molecule has 0 bridgehead atoms. The molecule has 1 unspecified atom stereocenters. The number of carbonyl (C=O) groups is 2.